The molecule has 0 spiro atoms. The van der Waals surface area contributed by atoms with E-state index in [4.69, 9.17) is 0 Å². The Balaban J connectivity index is 2.34. The molecule has 0 atom stereocenters. The summed E-state index contributed by atoms with van der Waals surface area (Å²) in [6, 6.07) is 7.47. The number of benzene rings is 1. The fraction of sp³-hybridized carbons (Fsp3) is 0.529. The van der Waals surface area contributed by atoms with Crippen molar-refractivity contribution in [2.45, 2.75) is 26.7 Å². The van der Waals surface area contributed by atoms with E-state index in [1.807, 2.05) is 12.1 Å². The number of ether oxygens (including phenoxy) is 1. The van der Waals surface area contributed by atoms with Gasteiger partial charge in [0.1, 0.15) is 0 Å². The normalized spacial score (nSPS) is 11.4. The van der Waals surface area contributed by atoms with Crippen molar-refractivity contribution in [1.29, 1.82) is 0 Å². The third kappa shape index (κ3) is 6.61. The van der Waals surface area contributed by atoms with Crippen molar-refractivity contribution in [1.82, 2.24) is 10.6 Å². The van der Waals surface area contributed by atoms with Crippen molar-refractivity contribution >= 4 is 11.9 Å². The van der Waals surface area contributed by atoms with E-state index in [1.165, 1.54) is 7.11 Å². The van der Waals surface area contributed by atoms with Crippen molar-refractivity contribution in [2.24, 2.45) is 10.9 Å². The van der Waals surface area contributed by atoms with E-state index in [0.29, 0.717) is 11.5 Å². The highest BCUT2D eigenvalue weighted by Gasteiger charge is 2.04. The maximum atomic E-state index is 11.4. The molecular weight excluding hydrogens is 278 g/mol. The smallest absolute Gasteiger partial charge is 0.337 e. The van der Waals surface area contributed by atoms with Crippen LogP contribution in [0.3, 0.4) is 0 Å². The minimum atomic E-state index is -0.306. The van der Waals surface area contributed by atoms with E-state index in [0.717, 1.165) is 37.5 Å². The van der Waals surface area contributed by atoms with Crippen LogP contribution in [0.15, 0.2) is 29.3 Å². The summed E-state index contributed by atoms with van der Waals surface area (Å²) in [5.74, 6) is 1.20. The fourth-order valence-electron chi connectivity index (χ4n) is 1.95. The second-order valence-electron chi connectivity index (χ2n) is 5.55. The van der Waals surface area contributed by atoms with Gasteiger partial charge in [0.2, 0.25) is 0 Å². The number of hydrogen-bond acceptors (Lipinski definition) is 3. The van der Waals surface area contributed by atoms with Crippen molar-refractivity contribution in [2.75, 3.05) is 27.2 Å². The van der Waals surface area contributed by atoms with Crippen molar-refractivity contribution in [3.8, 4) is 0 Å². The van der Waals surface area contributed by atoms with Gasteiger partial charge in [-0.2, -0.15) is 0 Å². The molecular formula is C17H27N3O2. The number of nitrogens with zero attached hydrogens (tertiary/aromatic N) is 1. The predicted octanol–water partition coefficient (Wildman–Crippen LogP) is 2.23. The van der Waals surface area contributed by atoms with Crippen LogP contribution in [0.5, 0.6) is 0 Å². The first kappa shape index (κ1) is 18.0. The van der Waals surface area contributed by atoms with Gasteiger partial charge in [0.05, 0.1) is 12.7 Å². The molecule has 122 valence electrons. The lowest BCUT2D eigenvalue weighted by atomic mass is 10.1. The van der Waals surface area contributed by atoms with Gasteiger partial charge in [-0.05, 0) is 36.5 Å². The topological polar surface area (TPSA) is 62.7 Å². The number of carbonyl (C=O) groups excluding carboxylic acids is 1. The van der Waals surface area contributed by atoms with Gasteiger partial charge in [-0.25, -0.2) is 4.79 Å². The first-order valence-corrected chi connectivity index (χ1v) is 7.68. The van der Waals surface area contributed by atoms with Gasteiger partial charge < -0.3 is 15.4 Å². The number of aliphatic imine (C=N–C) groups is 1. The largest absolute Gasteiger partial charge is 0.465 e. The van der Waals surface area contributed by atoms with E-state index in [9.17, 15) is 4.79 Å². The highest BCUT2D eigenvalue weighted by Crippen LogP contribution is 2.06. The SMILES string of the molecule is CN=C(NCCc1ccc(C(=O)OC)cc1)NCCC(C)C. The van der Waals surface area contributed by atoms with Gasteiger partial charge >= 0.3 is 5.97 Å². The monoisotopic (exact) mass is 305 g/mol. The highest BCUT2D eigenvalue weighted by atomic mass is 16.5. The van der Waals surface area contributed by atoms with Gasteiger partial charge in [-0.3, -0.25) is 4.99 Å². The van der Waals surface area contributed by atoms with Crippen LogP contribution in [0.4, 0.5) is 0 Å². The second kappa shape index (κ2) is 9.82. The van der Waals surface area contributed by atoms with Gasteiger partial charge in [-0.15, -0.1) is 0 Å². The Morgan fingerprint density at radius 3 is 2.36 bits per heavy atom. The van der Waals surface area contributed by atoms with Crippen LogP contribution in [0.2, 0.25) is 0 Å². The summed E-state index contributed by atoms with van der Waals surface area (Å²) in [6.07, 6.45) is 1.99. The molecule has 0 fully saturated rings. The molecule has 0 amide bonds. The lowest BCUT2D eigenvalue weighted by molar-refractivity contribution is 0.0600. The van der Waals surface area contributed by atoms with Gasteiger partial charge in [0, 0.05) is 20.1 Å². The third-order valence-electron chi connectivity index (χ3n) is 3.32. The Morgan fingerprint density at radius 2 is 1.82 bits per heavy atom. The summed E-state index contributed by atoms with van der Waals surface area (Å²) in [5.41, 5.74) is 1.74. The van der Waals surface area contributed by atoms with Crippen LogP contribution in [0.25, 0.3) is 0 Å². The number of methoxy groups -OCH3 is 1. The Bertz CT molecular complexity index is 481. The minimum absolute atomic E-state index is 0.306. The number of guanidine groups is 1. The average molecular weight is 305 g/mol. The van der Waals surface area contributed by atoms with E-state index >= 15 is 0 Å². The van der Waals surface area contributed by atoms with E-state index < -0.39 is 0 Å². The molecule has 5 heteroatoms. The Kier molecular flexibility index (Phi) is 8.04. The molecule has 0 saturated carbocycles. The summed E-state index contributed by atoms with van der Waals surface area (Å²) in [4.78, 5) is 15.6. The molecule has 0 heterocycles. The predicted molar refractivity (Wildman–Crippen MR) is 90.3 cm³/mol. The zero-order valence-electron chi connectivity index (χ0n) is 14.0. The lowest BCUT2D eigenvalue weighted by Crippen LogP contribution is -2.39. The molecule has 1 aromatic carbocycles. The Labute approximate surface area is 133 Å². The molecule has 0 aliphatic rings. The molecule has 0 aliphatic carbocycles. The summed E-state index contributed by atoms with van der Waals surface area (Å²) in [7, 11) is 3.16. The molecule has 0 unspecified atom stereocenters. The summed E-state index contributed by atoms with van der Waals surface area (Å²) >= 11 is 0. The standard InChI is InChI=1S/C17H27N3O2/c1-13(2)9-11-19-17(18-3)20-12-10-14-5-7-15(8-6-14)16(21)22-4/h5-8,13H,9-12H2,1-4H3,(H2,18,19,20). The fourth-order valence-corrected chi connectivity index (χ4v) is 1.95. The quantitative estimate of drug-likeness (QED) is 0.461. The summed E-state index contributed by atoms with van der Waals surface area (Å²) < 4.78 is 4.68. The van der Waals surface area contributed by atoms with Crippen molar-refractivity contribution < 1.29 is 9.53 Å². The van der Waals surface area contributed by atoms with Gasteiger partial charge in [0.15, 0.2) is 5.96 Å². The molecule has 1 rings (SSSR count). The van der Waals surface area contributed by atoms with Crippen LogP contribution in [-0.2, 0) is 11.2 Å². The van der Waals surface area contributed by atoms with E-state index in [1.54, 1.807) is 19.2 Å². The van der Waals surface area contributed by atoms with Crippen LogP contribution in [0.1, 0.15) is 36.2 Å². The molecule has 2 N–H and O–H groups in total. The molecule has 0 saturated heterocycles. The number of hydrogen-bond donors (Lipinski definition) is 2. The first-order chi connectivity index (χ1) is 10.6. The van der Waals surface area contributed by atoms with Crippen LogP contribution in [-0.4, -0.2) is 39.2 Å². The molecule has 1 aromatic rings. The maximum absolute atomic E-state index is 11.4. The van der Waals surface area contributed by atoms with E-state index in [-0.39, 0.29) is 5.97 Å². The molecule has 0 aliphatic heterocycles. The molecule has 0 radical (unpaired) electrons. The van der Waals surface area contributed by atoms with Crippen molar-refractivity contribution in [3.05, 3.63) is 35.4 Å². The summed E-state index contributed by atoms with van der Waals surface area (Å²) in [5, 5.41) is 6.58. The number of carbonyl (C=O) groups is 1. The maximum Gasteiger partial charge on any atom is 0.337 e. The third-order valence-corrected chi connectivity index (χ3v) is 3.32. The van der Waals surface area contributed by atoms with Crippen LogP contribution < -0.4 is 10.6 Å². The Morgan fingerprint density at radius 1 is 1.18 bits per heavy atom. The number of nitrogens with one attached hydrogen (secondary N) is 2. The lowest BCUT2D eigenvalue weighted by Gasteiger charge is -2.12. The highest BCUT2D eigenvalue weighted by molar-refractivity contribution is 5.89. The zero-order chi connectivity index (χ0) is 16.4. The molecule has 0 aromatic heterocycles. The molecule has 0 bridgehead atoms. The van der Waals surface area contributed by atoms with Crippen LogP contribution >= 0.6 is 0 Å². The van der Waals surface area contributed by atoms with Gasteiger partial charge in [0.25, 0.3) is 0 Å². The second-order valence-corrected chi connectivity index (χ2v) is 5.55. The Hall–Kier alpha value is -2.04. The average Bonchev–Trinajstić information content (AvgIpc) is 2.53. The van der Waals surface area contributed by atoms with Gasteiger partial charge in [-0.1, -0.05) is 26.0 Å². The van der Waals surface area contributed by atoms with Crippen molar-refractivity contribution in [3.63, 3.8) is 0 Å². The zero-order valence-corrected chi connectivity index (χ0v) is 14.0. The van der Waals surface area contributed by atoms with E-state index in [2.05, 4.69) is 34.2 Å². The first-order valence-electron chi connectivity index (χ1n) is 7.68. The minimum Gasteiger partial charge on any atom is -0.465 e. The molecule has 22 heavy (non-hydrogen) atoms. The number of rotatable bonds is 7. The molecule has 5 nitrogen and oxygen atoms in total. The number of esters is 1. The van der Waals surface area contributed by atoms with Crippen LogP contribution in [0, 0.1) is 5.92 Å². The summed E-state index contributed by atoms with van der Waals surface area (Å²) in [6.45, 7) is 6.12.